The van der Waals surface area contributed by atoms with Gasteiger partial charge in [0.05, 0.1) is 16.8 Å². The summed E-state index contributed by atoms with van der Waals surface area (Å²) in [6.45, 7) is 3.82. The lowest BCUT2D eigenvalue weighted by Gasteiger charge is -2.27. The second kappa shape index (κ2) is 9.71. The van der Waals surface area contributed by atoms with Gasteiger partial charge in [-0.25, -0.2) is 5.01 Å². The second-order valence-corrected chi connectivity index (χ2v) is 9.89. The molecule has 0 radical (unpaired) electrons. The van der Waals surface area contributed by atoms with Crippen LogP contribution in [0.15, 0.2) is 47.6 Å². The van der Waals surface area contributed by atoms with E-state index in [1.54, 1.807) is 29.3 Å². The Kier molecular flexibility index (Phi) is 7.10. The summed E-state index contributed by atoms with van der Waals surface area (Å²) < 4.78 is 0. The fraction of sp³-hybridized carbons (Fsp3) is 0.417. The van der Waals surface area contributed by atoms with Gasteiger partial charge in [-0.2, -0.15) is 5.10 Å². The molecule has 2 heterocycles. The molecule has 2 aliphatic heterocycles. The Balaban J connectivity index is 0.00000259. The topological polar surface area (TPSA) is 68.2 Å². The van der Waals surface area contributed by atoms with Crippen molar-refractivity contribution in [2.45, 2.75) is 32.2 Å². The number of amides is 1. The minimum absolute atomic E-state index is 0. The van der Waals surface area contributed by atoms with E-state index in [2.05, 4.69) is 10.4 Å². The Morgan fingerprint density at radius 3 is 2.39 bits per heavy atom. The molecule has 1 saturated heterocycles. The van der Waals surface area contributed by atoms with Crippen molar-refractivity contribution in [2.24, 2.45) is 22.9 Å². The van der Waals surface area contributed by atoms with Gasteiger partial charge in [0.15, 0.2) is 0 Å². The fourth-order valence-electron chi connectivity index (χ4n) is 5.38. The molecule has 176 valence electrons. The van der Waals surface area contributed by atoms with Gasteiger partial charge >= 0.3 is 0 Å². The summed E-state index contributed by atoms with van der Waals surface area (Å²) in [7, 11) is 0. The van der Waals surface area contributed by atoms with Crippen molar-refractivity contribution in [2.75, 3.05) is 18.1 Å². The quantitative estimate of drug-likeness (QED) is 0.576. The molecule has 4 atom stereocenters. The van der Waals surface area contributed by atoms with E-state index in [-0.39, 0.29) is 36.0 Å². The molecule has 3 aliphatic rings. The maximum atomic E-state index is 13.3. The number of phenols is 1. The summed E-state index contributed by atoms with van der Waals surface area (Å²) in [6, 6.07) is 12.0. The minimum Gasteiger partial charge on any atom is -0.508 e. The number of halogens is 3. The van der Waals surface area contributed by atoms with Gasteiger partial charge < -0.3 is 5.11 Å². The minimum atomic E-state index is -0.243. The number of hydrazone groups is 1. The largest absolute Gasteiger partial charge is 0.508 e. The van der Waals surface area contributed by atoms with Crippen LogP contribution >= 0.6 is 35.6 Å². The van der Waals surface area contributed by atoms with Crippen LogP contribution in [0.2, 0.25) is 10.0 Å². The van der Waals surface area contributed by atoms with Crippen LogP contribution in [0.5, 0.6) is 5.75 Å². The Labute approximate surface area is 209 Å². The van der Waals surface area contributed by atoms with Crippen LogP contribution in [0.3, 0.4) is 0 Å². The number of carbonyl (C=O) groups is 1. The highest BCUT2D eigenvalue weighted by Crippen LogP contribution is 2.43. The third-order valence-electron chi connectivity index (χ3n) is 6.99. The molecule has 0 spiro atoms. The van der Waals surface area contributed by atoms with Crippen LogP contribution in [0, 0.1) is 17.8 Å². The van der Waals surface area contributed by atoms with E-state index in [0.717, 1.165) is 18.7 Å². The van der Waals surface area contributed by atoms with Gasteiger partial charge in [-0.3, -0.25) is 15.2 Å². The molecule has 6 nitrogen and oxygen atoms in total. The first-order valence-electron chi connectivity index (χ1n) is 11.1. The average molecular weight is 510 g/mol. The summed E-state index contributed by atoms with van der Waals surface area (Å²) in [5, 5.41) is 19.3. The van der Waals surface area contributed by atoms with Gasteiger partial charge in [-0.05, 0) is 60.6 Å². The summed E-state index contributed by atoms with van der Waals surface area (Å²) in [6.07, 6.45) is 3.80. The van der Waals surface area contributed by atoms with Crippen molar-refractivity contribution in [3.8, 4) is 5.75 Å². The Hall–Kier alpha value is -1.99. The molecule has 5 rings (SSSR count). The van der Waals surface area contributed by atoms with Gasteiger partial charge in [-0.15, -0.1) is 12.4 Å². The van der Waals surface area contributed by atoms with Gasteiger partial charge in [0, 0.05) is 24.0 Å². The van der Waals surface area contributed by atoms with E-state index < -0.39 is 0 Å². The number of anilines is 1. The number of aromatic hydroxyl groups is 1. The highest BCUT2D eigenvalue weighted by atomic mass is 35.5. The molecule has 2 aromatic rings. The molecule has 2 unspecified atom stereocenters. The molecular weight excluding hydrogens is 483 g/mol. The SMILES string of the molecule is C[C@@H]1C(C(=O)NN2CC3CCCC3C2)=NN(c2ccc(Cl)cc2Cl)[C@H]1c1ccc(O)cc1.Cl. The van der Waals surface area contributed by atoms with E-state index in [4.69, 9.17) is 28.3 Å². The number of benzene rings is 2. The molecule has 33 heavy (non-hydrogen) atoms. The van der Waals surface area contributed by atoms with Crippen molar-refractivity contribution in [1.29, 1.82) is 0 Å². The van der Waals surface area contributed by atoms with Crippen LogP contribution in [-0.2, 0) is 4.79 Å². The van der Waals surface area contributed by atoms with Crippen LogP contribution in [0.1, 0.15) is 37.8 Å². The zero-order valence-electron chi connectivity index (χ0n) is 18.2. The summed E-state index contributed by atoms with van der Waals surface area (Å²) in [5.41, 5.74) is 5.18. The third kappa shape index (κ3) is 4.67. The Bertz CT molecular complexity index is 1050. The molecule has 0 bridgehead atoms. The number of nitrogens with one attached hydrogen (secondary N) is 1. The molecular formula is C24H27Cl3N4O2. The molecule has 9 heteroatoms. The first-order chi connectivity index (χ1) is 15.4. The molecule has 2 fully saturated rings. The number of phenolic OH excluding ortho intramolecular Hbond substituents is 1. The first-order valence-corrected chi connectivity index (χ1v) is 11.8. The zero-order chi connectivity index (χ0) is 22.4. The normalized spacial score (nSPS) is 26.6. The summed E-state index contributed by atoms with van der Waals surface area (Å²) >= 11 is 12.6. The summed E-state index contributed by atoms with van der Waals surface area (Å²) in [4.78, 5) is 13.3. The highest BCUT2D eigenvalue weighted by molar-refractivity contribution is 6.41. The van der Waals surface area contributed by atoms with Gasteiger partial charge in [0.25, 0.3) is 5.91 Å². The number of nitrogens with zero attached hydrogens (tertiary/aromatic N) is 3. The average Bonchev–Trinajstić information content (AvgIpc) is 3.42. The van der Waals surface area contributed by atoms with E-state index in [1.165, 1.54) is 19.3 Å². The number of hydrogen-bond donors (Lipinski definition) is 2. The second-order valence-electron chi connectivity index (χ2n) is 9.05. The smallest absolute Gasteiger partial charge is 0.282 e. The van der Waals surface area contributed by atoms with E-state index in [9.17, 15) is 9.90 Å². The lowest BCUT2D eigenvalue weighted by Crippen LogP contribution is -2.45. The van der Waals surface area contributed by atoms with E-state index in [0.29, 0.717) is 33.3 Å². The maximum absolute atomic E-state index is 13.3. The lowest BCUT2D eigenvalue weighted by atomic mass is 9.91. The van der Waals surface area contributed by atoms with Crippen molar-refractivity contribution in [3.05, 3.63) is 58.1 Å². The van der Waals surface area contributed by atoms with Crippen LogP contribution in [-0.4, -0.2) is 34.8 Å². The first kappa shape index (κ1) is 24.1. The molecule has 1 saturated carbocycles. The monoisotopic (exact) mass is 508 g/mol. The Morgan fingerprint density at radius 2 is 1.76 bits per heavy atom. The molecule has 1 aliphatic carbocycles. The molecule has 1 amide bonds. The van der Waals surface area contributed by atoms with Crippen molar-refractivity contribution in [1.82, 2.24) is 10.4 Å². The molecule has 2 N–H and O–H groups in total. The number of fused-ring (bicyclic) bond motifs is 1. The van der Waals surface area contributed by atoms with Crippen molar-refractivity contribution in [3.63, 3.8) is 0 Å². The van der Waals surface area contributed by atoms with Crippen molar-refractivity contribution < 1.29 is 9.90 Å². The van der Waals surface area contributed by atoms with Gasteiger partial charge in [0.1, 0.15) is 11.5 Å². The number of hydrazine groups is 1. The van der Waals surface area contributed by atoms with Crippen LogP contribution in [0.4, 0.5) is 5.69 Å². The van der Waals surface area contributed by atoms with Crippen LogP contribution < -0.4 is 10.4 Å². The predicted octanol–water partition coefficient (Wildman–Crippen LogP) is 5.44. The van der Waals surface area contributed by atoms with Crippen LogP contribution in [0.25, 0.3) is 0 Å². The number of hydrogen-bond acceptors (Lipinski definition) is 5. The molecule has 2 aromatic carbocycles. The summed E-state index contributed by atoms with van der Waals surface area (Å²) in [5.74, 6) is 1.20. The third-order valence-corrected chi connectivity index (χ3v) is 7.53. The van der Waals surface area contributed by atoms with Gasteiger partial charge in [-0.1, -0.05) is 48.7 Å². The van der Waals surface area contributed by atoms with Crippen molar-refractivity contribution >= 4 is 52.9 Å². The molecule has 0 aromatic heterocycles. The lowest BCUT2D eigenvalue weighted by molar-refractivity contribution is -0.119. The van der Waals surface area contributed by atoms with E-state index >= 15 is 0 Å². The highest BCUT2D eigenvalue weighted by Gasteiger charge is 2.42. The Morgan fingerprint density at radius 1 is 1.09 bits per heavy atom. The number of rotatable bonds is 4. The standard InChI is InChI=1S/C24H26Cl2N4O2.ClH/c1-14-22(24(32)28-29-12-16-3-2-4-17(16)13-29)27-30(21-10-7-18(25)11-20(21)26)23(14)15-5-8-19(31)9-6-15;/h5-11,14,16-17,23,31H,2-4,12-13H2,1H3,(H,28,32);1H/t14-,16?,17?,23-;/m1./s1. The van der Waals surface area contributed by atoms with E-state index in [1.807, 2.05) is 25.1 Å². The number of carbonyl (C=O) groups excluding carboxylic acids is 1. The van der Waals surface area contributed by atoms with Gasteiger partial charge in [0.2, 0.25) is 0 Å². The fourth-order valence-corrected chi connectivity index (χ4v) is 5.88. The predicted molar refractivity (Wildman–Crippen MR) is 134 cm³/mol. The maximum Gasteiger partial charge on any atom is 0.282 e. The zero-order valence-corrected chi connectivity index (χ0v) is 20.6.